The van der Waals surface area contributed by atoms with Crippen LogP contribution in [0.15, 0.2) is 33.9 Å². The van der Waals surface area contributed by atoms with E-state index in [1.807, 2.05) is 0 Å². The second-order valence-corrected chi connectivity index (χ2v) is 6.72. The van der Waals surface area contributed by atoms with Crippen LogP contribution < -0.4 is 5.73 Å². The quantitative estimate of drug-likeness (QED) is 0.922. The Morgan fingerprint density at radius 1 is 1.35 bits per heavy atom. The molecule has 108 valence electrons. The van der Waals surface area contributed by atoms with E-state index in [9.17, 15) is 8.42 Å². The number of nitrogens with zero attached hydrogens (tertiary/aromatic N) is 2. The molecule has 0 unspecified atom stereocenters. The highest BCUT2D eigenvalue weighted by atomic mass is 32.2. The molecule has 1 saturated heterocycles. The average molecular weight is 295 g/mol. The van der Waals surface area contributed by atoms with Crippen LogP contribution in [0.3, 0.4) is 0 Å². The third-order valence-electron chi connectivity index (χ3n) is 3.65. The molecule has 1 aromatic heterocycles. The van der Waals surface area contributed by atoms with E-state index >= 15 is 0 Å². The minimum Gasteiger partial charge on any atom is -0.427 e. The smallest absolute Gasteiger partial charge is 0.332 e. The van der Waals surface area contributed by atoms with Crippen molar-refractivity contribution in [2.75, 3.05) is 13.1 Å². The topological polar surface area (TPSA) is 89.4 Å². The van der Waals surface area contributed by atoms with E-state index in [1.165, 1.54) is 4.31 Å². The Morgan fingerprint density at radius 3 is 2.90 bits per heavy atom. The van der Waals surface area contributed by atoms with E-state index in [0.717, 1.165) is 19.3 Å². The second kappa shape index (κ2) is 5.16. The standard InChI is InChI=1S/C13H17N3O3S/c14-9-10-5-3-4-8-16(10)20(17,18)13-15-11-6-1-2-7-12(11)19-13/h1-2,6-7,10H,3-5,8-9,14H2/t10-/m0/s1. The van der Waals surface area contributed by atoms with Crippen LogP contribution in [0.25, 0.3) is 11.1 Å². The largest absolute Gasteiger partial charge is 0.427 e. The molecule has 20 heavy (non-hydrogen) atoms. The molecule has 6 nitrogen and oxygen atoms in total. The number of hydrogen-bond donors (Lipinski definition) is 1. The number of sulfonamides is 1. The minimum absolute atomic E-state index is 0.163. The van der Waals surface area contributed by atoms with Crippen molar-refractivity contribution < 1.29 is 12.8 Å². The number of nitrogens with two attached hydrogens (primary N) is 1. The Morgan fingerprint density at radius 2 is 2.15 bits per heavy atom. The maximum absolute atomic E-state index is 12.6. The minimum atomic E-state index is -3.71. The molecule has 7 heteroatoms. The number of aromatic nitrogens is 1. The molecule has 1 aliphatic heterocycles. The summed E-state index contributed by atoms with van der Waals surface area (Å²) in [5.41, 5.74) is 6.71. The predicted octanol–water partition coefficient (Wildman–Crippen LogP) is 1.33. The number of fused-ring (bicyclic) bond motifs is 1. The van der Waals surface area contributed by atoms with Crippen molar-refractivity contribution in [3.8, 4) is 0 Å². The van der Waals surface area contributed by atoms with Crippen molar-refractivity contribution in [1.82, 2.24) is 9.29 Å². The predicted molar refractivity (Wildman–Crippen MR) is 74.6 cm³/mol. The molecular weight excluding hydrogens is 278 g/mol. The molecule has 0 radical (unpaired) electrons. The van der Waals surface area contributed by atoms with Crippen molar-refractivity contribution in [3.05, 3.63) is 24.3 Å². The summed E-state index contributed by atoms with van der Waals surface area (Å²) in [5, 5.41) is -0.237. The van der Waals surface area contributed by atoms with Gasteiger partial charge in [0.1, 0.15) is 5.52 Å². The van der Waals surface area contributed by atoms with E-state index in [4.69, 9.17) is 10.2 Å². The first-order chi connectivity index (χ1) is 9.63. The lowest BCUT2D eigenvalue weighted by molar-refractivity contribution is 0.250. The lowest BCUT2D eigenvalue weighted by Crippen LogP contribution is -2.47. The SMILES string of the molecule is NC[C@@H]1CCCCN1S(=O)(=O)c1nc2ccccc2o1. The van der Waals surface area contributed by atoms with E-state index in [1.54, 1.807) is 24.3 Å². The van der Waals surface area contributed by atoms with Crippen LogP contribution >= 0.6 is 0 Å². The molecule has 1 aliphatic rings. The molecule has 0 saturated carbocycles. The van der Waals surface area contributed by atoms with Gasteiger partial charge in [-0.1, -0.05) is 18.6 Å². The zero-order valence-electron chi connectivity index (χ0n) is 11.0. The van der Waals surface area contributed by atoms with Gasteiger partial charge in [0.2, 0.25) is 0 Å². The molecule has 1 aromatic carbocycles. The zero-order chi connectivity index (χ0) is 14.2. The number of rotatable bonds is 3. The summed E-state index contributed by atoms with van der Waals surface area (Å²) < 4.78 is 32.1. The van der Waals surface area contributed by atoms with Crippen molar-refractivity contribution in [1.29, 1.82) is 0 Å². The molecule has 2 aromatic rings. The Bertz CT molecular complexity index is 677. The first kappa shape index (κ1) is 13.5. The van der Waals surface area contributed by atoms with E-state index in [2.05, 4.69) is 4.98 Å². The third kappa shape index (κ3) is 2.21. The normalized spacial score (nSPS) is 21.4. The van der Waals surface area contributed by atoms with Gasteiger partial charge in [-0.15, -0.1) is 0 Å². The summed E-state index contributed by atoms with van der Waals surface area (Å²) >= 11 is 0. The van der Waals surface area contributed by atoms with Crippen molar-refractivity contribution in [3.63, 3.8) is 0 Å². The van der Waals surface area contributed by atoms with Crippen LogP contribution in [0.1, 0.15) is 19.3 Å². The third-order valence-corrected chi connectivity index (χ3v) is 5.36. The van der Waals surface area contributed by atoms with Gasteiger partial charge >= 0.3 is 5.22 Å². The van der Waals surface area contributed by atoms with Gasteiger partial charge in [0.15, 0.2) is 5.58 Å². The average Bonchev–Trinajstić information content (AvgIpc) is 2.92. The zero-order valence-corrected chi connectivity index (χ0v) is 11.8. The number of benzene rings is 1. The van der Waals surface area contributed by atoms with Gasteiger partial charge in [0, 0.05) is 19.1 Å². The molecule has 1 atom stereocenters. The number of piperidine rings is 1. The Balaban J connectivity index is 2.01. The summed E-state index contributed by atoms with van der Waals surface area (Å²) in [6, 6.07) is 6.86. The van der Waals surface area contributed by atoms with Crippen LogP contribution in [-0.4, -0.2) is 36.8 Å². The molecule has 0 amide bonds. The maximum Gasteiger partial charge on any atom is 0.332 e. The van der Waals surface area contributed by atoms with Gasteiger partial charge in [-0.2, -0.15) is 9.29 Å². The second-order valence-electron chi connectivity index (χ2n) is 4.95. The van der Waals surface area contributed by atoms with Gasteiger partial charge in [0.05, 0.1) is 0 Å². The number of oxazole rings is 1. The van der Waals surface area contributed by atoms with Gasteiger partial charge in [-0.05, 0) is 25.0 Å². The van der Waals surface area contributed by atoms with Crippen molar-refractivity contribution in [2.45, 2.75) is 30.5 Å². The van der Waals surface area contributed by atoms with Crippen molar-refractivity contribution in [2.24, 2.45) is 5.73 Å². The molecule has 0 spiro atoms. The van der Waals surface area contributed by atoms with Gasteiger partial charge in [0.25, 0.3) is 10.0 Å². The molecule has 1 fully saturated rings. The molecule has 0 aliphatic carbocycles. The molecule has 3 rings (SSSR count). The highest BCUT2D eigenvalue weighted by Crippen LogP contribution is 2.26. The number of hydrogen-bond acceptors (Lipinski definition) is 5. The lowest BCUT2D eigenvalue weighted by atomic mass is 10.1. The van der Waals surface area contributed by atoms with E-state index < -0.39 is 10.0 Å². The van der Waals surface area contributed by atoms with Crippen LogP contribution in [-0.2, 0) is 10.0 Å². The van der Waals surface area contributed by atoms with E-state index in [-0.39, 0.29) is 11.3 Å². The monoisotopic (exact) mass is 295 g/mol. The Hall–Kier alpha value is -1.44. The first-order valence-electron chi connectivity index (χ1n) is 6.70. The summed E-state index contributed by atoms with van der Waals surface area (Å²) in [4.78, 5) is 4.09. The summed E-state index contributed by atoms with van der Waals surface area (Å²) in [5.74, 6) is 0. The van der Waals surface area contributed by atoms with Crippen LogP contribution in [0.5, 0.6) is 0 Å². The van der Waals surface area contributed by atoms with Crippen LogP contribution in [0.4, 0.5) is 0 Å². The number of para-hydroxylation sites is 2. The van der Waals surface area contributed by atoms with Crippen LogP contribution in [0, 0.1) is 0 Å². The molecule has 2 heterocycles. The lowest BCUT2D eigenvalue weighted by Gasteiger charge is -2.32. The summed E-state index contributed by atoms with van der Waals surface area (Å²) in [6.07, 6.45) is 2.63. The fourth-order valence-corrected chi connectivity index (χ4v) is 4.15. The Labute approximate surface area is 117 Å². The molecule has 2 N–H and O–H groups in total. The highest BCUT2D eigenvalue weighted by molar-refractivity contribution is 7.88. The van der Waals surface area contributed by atoms with E-state index in [0.29, 0.717) is 24.2 Å². The van der Waals surface area contributed by atoms with Crippen LogP contribution in [0.2, 0.25) is 0 Å². The first-order valence-corrected chi connectivity index (χ1v) is 8.14. The van der Waals surface area contributed by atoms with Gasteiger partial charge in [-0.25, -0.2) is 8.42 Å². The highest BCUT2D eigenvalue weighted by Gasteiger charge is 2.36. The maximum atomic E-state index is 12.6. The van der Waals surface area contributed by atoms with Crippen molar-refractivity contribution >= 4 is 21.1 Å². The molecule has 0 bridgehead atoms. The van der Waals surface area contributed by atoms with Gasteiger partial charge in [-0.3, -0.25) is 0 Å². The molecular formula is C13H17N3O3S. The van der Waals surface area contributed by atoms with Gasteiger partial charge < -0.3 is 10.2 Å². The summed E-state index contributed by atoms with van der Waals surface area (Å²) in [6.45, 7) is 0.794. The Kier molecular flexibility index (Phi) is 3.49. The summed E-state index contributed by atoms with van der Waals surface area (Å²) in [7, 11) is -3.71. The fraction of sp³-hybridized carbons (Fsp3) is 0.462. The fourth-order valence-electron chi connectivity index (χ4n) is 2.59.